The lowest BCUT2D eigenvalue weighted by molar-refractivity contribution is -0.664. The van der Waals surface area contributed by atoms with Crippen LogP contribution in [0.3, 0.4) is 0 Å². The molecular formula is C18H13N3O2. The fraction of sp³-hybridized carbons (Fsp3) is 0. The van der Waals surface area contributed by atoms with Gasteiger partial charge < -0.3 is 10.3 Å². The zero-order valence-electron chi connectivity index (χ0n) is 12.1. The molecule has 3 aromatic carbocycles. The number of para-hydroxylation sites is 1. The number of fused-ring (bicyclic) bond motifs is 1. The predicted octanol–water partition coefficient (Wildman–Crippen LogP) is 3.03. The summed E-state index contributed by atoms with van der Waals surface area (Å²) in [5.74, 6) is 0.00193. The molecule has 1 heterocycles. The van der Waals surface area contributed by atoms with Crippen molar-refractivity contribution in [1.82, 2.24) is 9.90 Å². The van der Waals surface area contributed by atoms with Crippen LogP contribution in [0.4, 0.5) is 0 Å². The average Bonchev–Trinajstić information content (AvgIpc) is 2.93. The van der Waals surface area contributed by atoms with Gasteiger partial charge in [0, 0.05) is 0 Å². The molecule has 4 aromatic rings. The first kappa shape index (κ1) is 13.3. The fourth-order valence-corrected chi connectivity index (χ4v) is 2.60. The van der Waals surface area contributed by atoms with Crippen LogP contribution in [0, 0.1) is 5.21 Å². The molecule has 1 N–H and O–H groups in total. The first-order valence-corrected chi connectivity index (χ1v) is 7.20. The monoisotopic (exact) mass is 303 g/mol. The number of phenolic OH excluding ortho intramolecular Hbond substituents is 1. The number of aromatic nitrogens is 3. The zero-order chi connectivity index (χ0) is 15.8. The summed E-state index contributed by atoms with van der Waals surface area (Å²) in [6.45, 7) is 0. The van der Waals surface area contributed by atoms with Crippen LogP contribution in [0.5, 0.6) is 5.75 Å². The van der Waals surface area contributed by atoms with Crippen molar-refractivity contribution in [3.63, 3.8) is 0 Å². The summed E-state index contributed by atoms with van der Waals surface area (Å²) in [5, 5.41) is 26.9. The van der Waals surface area contributed by atoms with Crippen LogP contribution in [-0.2, 0) is 0 Å². The first-order valence-electron chi connectivity index (χ1n) is 7.20. The summed E-state index contributed by atoms with van der Waals surface area (Å²) in [4.78, 5) is 1.85. The minimum absolute atomic E-state index is 0.00193. The summed E-state index contributed by atoms with van der Waals surface area (Å²) in [6.07, 6.45) is 0. The van der Waals surface area contributed by atoms with Crippen molar-refractivity contribution >= 4 is 11.0 Å². The Morgan fingerprint density at radius 2 is 1.61 bits per heavy atom. The SMILES string of the molecule is [O-][n+]1c2ccccc2nn1-c1cc(-c2ccccc2)ccc1O. The summed E-state index contributed by atoms with van der Waals surface area (Å²) >= 11 is 0. The molecule has 4 rings (SSSR count). The van der Waals surface area contributed by atoms with Crippen LogP contribution in [0.1, 0.15) is 0 Å². The molecule has 0 radical (unpaired) electrons. The van der Waals surface area contributed by atoms with Gasteiger partial charge in [-0.25, -0.2) is 0 Å². The molecule has 1 aromatic heterocycles. The molecule has 112 valence electrons. The van der Waals surface area contributed by atoms with Crippen molar-refractivity contribution in [2.45, 2.75) is 0 Å². The summed E-state index contributed by atoms with van der Waals surface area (Å²) < 4.78 is 0. The van der Waals surface area contributed by atoms with Crippen molar-refractivity contribution in [1.29, 1.82) is 0 Å². The highest BCUT2D eigenvalue weighted by Gasteiger charge is 2.18. The van der Waals surface area contributed by atoms with E-state index in [1.807, 2.05) is 42.5 Å². The molecule has 0 saturated carbocycles. The van der Waals surface area contributed by atoms with E-state index in [4.69, 9.17) is 0 Å². The van der Waals surface area contributed by atoms with Crippen molar-refractivity contribution in [3.8, 4) is 22.6 Å². The highest BCUT2D eigenvalue weighted by atomic mass is 16.5. The molecule has 0 aliphatic carbocycles. The van der Waals surface area contributed by atoms with E-state index in [9.17, 15) is 10.3 Å². The van der Waals surface area contributed by atoms with E-state index in [1.165, 1.54) is 4.80 Å². The van der Waals surface area contributed by atoms with Crippen molar-refractivity contribution in [2.75, 3.05) is 0 Å². The number of benzene rings is 3. The van der Waals surface area contributed by atoms with E-state index in [2.05, 4.69) is 5.10 Å². The Labute approximate surface area is 132 Å². The van der Waals surface area contributed by atoms with Gasteiger partial charge in [-0.3, -0.25) is 0 Å². The number of hydrogen-bond acceptors (Lipinski definition) is 3. The molecule has 0 fully saturated rings. The molecular weight excluding hydrogens is 290 g/mol. The van der Waals surface area contributed by atoms with Crippen LogP contribution >= 0.6 is 0 Å². The number of aromatic hydroxyl groups is 1. The second-order valence-corrected chi connectivity index (χ2v) is 5.22. The maximum Gasteiger partial charge on any atom is 0.250 e. The largest absolute Gasteiger partial charge is 0.692 e. The average molecular weight is 303 g/mol. The van der Waals surface area contributed by atoms with E-state index >= 15 is 0 Å². The molecule has 0 unspecified atom stereocenters. The second kappa shape index (κ2) is 5.14. The predicted molar refractivity (Wildman–Crippen MR) is 87.1 cm³/mol. The molecule has 5 heteroatoms. The van der Waals surface area contributed by atoms with Gasteiger partial charge in [-0.2, -0.15) is 0 Å². The van der Waals surface area contributed by atoms with Crippen LogP contribution < -0.4 is 4.85 Å². The maximum absolute atomic E-state index is 12.4. The lowest BCUT2D eigenvalue weighted by atomic mass is 10.1. The number of phenols is 1. The van der Waals surface area contributed by atoms with Gasteiger partial charge >= 0.3 is 0 Å². The van der Waals surface area contributed by atoms with E-state index in [-0.39, 0.29) is 5.75 Å². The zero-order valence-corrected chi connectivity index (χ0v) is 12.1. The lowest BCUT2D eigenvalue weighted by Crippen LogP contribution is -2.37. The van der Waals surface area contributed by atoms with Crippen LogP contribution in [0.15, 0.2) is 72.8 Å². The molecule has 0 aliphatic rings. The highest BCUT2D eigenvalue weighted by Crippen LogP contribution is 2.28. The Morgan fingerprint density at radius 3 is 2.39 bits per heavy atom. The van der Waals surface area contributed by atoms with Crippen LogP contribution in [0.25, 0.3) is 27.8 Å². The minimum Gasteiger partial charge on any atom is -0.692 e. The van der Waals surface area contributed by atoms with E-state index < -0.39 is 0 Å². The third kappa shape index (κ3) is 2.19. The van der Waals surface area contributed by atoms with Gasteiger partial charge in [0.25, 0.3) is 0 Å². The Hall–Kier alpha value is -3.34. The van der Waals surface area contributed by atoms with Gasteiger partial charge in [-0.15, -0.1) is 4.85 Å². The molecule has 0 saturated heterocycles. The van der Waals surface area contributed by atoms with Crippen LogP contribution in [-0.4, -0.2) is 15.0 Å². The van der Waals surface area contributed by atoms with Crippen molar-refractivity contribution in [3.05, 3.63) is 78.0 Å². The summed E-state index contributed by atoms with van der Waals surface area (Å²) in [6, 6.07) is 22.0. The third-order valence-corrected chi connectivity index (χ3v) is 3.76. The number of nitrogens with zero attached hydrogens (tertiary/aromatic N) is 3. The number of hydrogen-bond donors (Lipinski definition) is 1. The fourth-order valence-electron chi connectivity index (χ4n) is 2.60. The van der Waals surface area contributed by atoms with Crippen LogP contribution in [0.2, 0.25) is 0 Å². The lowest BCUT2D eigenvalue weighted by Gasteiger charge is -2.08. The molecule has 0 spiro atoms. The molecule has 0 aliphatic heterocycles. The maximum atomic E-state index is 12.4. The summed E-state index contributed by atoms with van der Waals surface area (Å²) in [7, 11) is 0. The van der Waals surface area contributed by atoms with Gasteiger partial charge in [0.2, 0.25) is 11.0 Å². The normalized spacial score (nSPS) is 11.0. The van der Waals surface area contributed by atoms with E-state index in [1.54, 1.807) is 30.3 Å². The van der Waals surface area contributed by atoms with Crippen molar-refractivity contribution in [2.24, 2.45) is 0 Å². The van der Waals surface area contributed by atoms with Gasteiger partial charge in [0.15, 0.2) is 5.69 Å². The van der Waals surface area contributed by atoms with Gasteiger partial charge in [0.1, 0.15) is 5.75 Å². The third-order valence-electron chi connectivity index (χ3n) is 3.76. The topological polar surface area (TPSA) is 65.0 Å². The Balaban J connectivity index is 1.92. The smallest absolute Gasteiger partial charge is 0.250 e. The molecule has 0 bridgehead atoms. The highest BCUT2D eigenvalue weighted by molar-refractivity contribution is 5.71. The first-order chi connectivity index (χ1) is 11.2. The molecule has 0 atom stereocenters. The van der Waals surface area contributed by atoms with Gasteiger partial charge in [-0.1, -0.05) is 48.5 Å². The van der Waals surface area contributed by atoms with E-state index in [0.717, 1.165) is 11.1 Å². The molecule has 23 heavy (non-hydrogen) atoms. The quantitative estimate of drug-likeness (QED) is 0.457. The minimum atomic E-state index is 0.00193. The second-order valence-electron chi connectivity index (χ2n) is 5.22. The Morgan fingerprint density at radius 1 is 0.870 bits per heavy atom. The van der Waals surface area contributed by atoms with Crippen molar-refractivity contribution < 1.29 is 9.95 Å². The molecule has 5 nitrogen and oxygen atoms in total. The Bertz CT molecular complexity index is 994. The van der Waals surface area contributed by atoms with Gasteiger partial charge in [-0.05, 0) is 40.2 Å². The van der Waals surface area contributed by atoms with Gasteiger partial charge in [0.05, 0.1) is 5.10 Å². The Kier molecular flexibility index (Phi) is 2.98. The number of rotatable bonds is 2. The standard InChI is InChI=1S/C18H13N3O2/c22-18-11-10-14(13-6-2-1-3-7-13)12-17(18)20-19-15-8-4-5-9-16(15)21(20)23/h1-12,22H. The summed E-state index contributed by atoms with van der Waals surface area (Å²) in [5.41, 5.74) is 3.28. The van der Waals surface area contributed by atoms with E-state index in [0.29, 0.717) is 21.6 Å². The molecule has 0 amide bonds.